The molecule has 3 nitrogen and oxygen atoms in total. The highest BCUT2D eigenvalue weighted by Crippen LogP contribution is 2.33. The van der Waals surface area contributed by atoms with Crippen LogP contribution < -0.4 is 0 Å². The number of aromatic amines is 1. The lowest BCUT2D eigenvalue weighted by atomic mass is 10.0. The lowest BCUT2D eigenvalue weighted by molar-refractivity contribution is -0.130. The van der Waals surface area contributed by atoms with Crippen LogP contribution in [0.1, 0.15) is 70.8 Å². The zero-order valence-electron chi connectivity index (χ0n) is 19.9. The molecule has 2 aromatic carbocycles. The average Bonchev–Trinajstić information content (AvgIpc) is 3.16. The van der Waals surface area contributed by atoms with E-state index in [9.17, 15) is 13.6 Å². The standard InChI is InChI=1S/C28H36F2N2O/c1-3-5-7-11-17-32(18-12-8-6-4-2)27(33)20-24-22-13-9-10-14-26(22)31-28(24)23-16-15-21(29)19-25(23)30/h9-10,13-16,19,31H,3-8,11-12,17-18,20H2,1-2H3. The zero-order chi connectivity index (χ0) is 23.6. The Morgan fingerprint density at radius 3 is 2.18 bits per heavy atom. The number of rotatable bonds is 13. The van der Waals surface area contributed by atoms with Crippen LogP contribution in [0.4, 0.5) is 8.78 Å². The molecular formula is C28H36F2N2O. The normalized spacial score (nSPS) is 11.3. The van der Waals surface area contributed by atoms with Gasteiger partial charge in [0.15, 0.2) is 0 Å². The number of halogens is 2. The van der Waals surface area contributed by atoms with E-state index in [0.717, 1.165) is 74.1 Å². The van der Waals surface area contributed by atoms with Crippen molar-refractivity contribution in [2.75, 3.05) is 13.1 Å². The number of unbranched alkanes of at least 4 members (excludes halogenated alkanes) is 6. The SMILES string of the molecule is CCCCCCN(CCCCCC)C(=O)Cc1c(-c2ccc(F)cc2F)[nH]c2ccccc12. The summed E-state index contributed by atoms with van der Waals surface area (Å²) in [5.74, 6) is -1.18. The number of benzene rings is 2. The molecular weight excluding hydrogens is 418 g/mol. The Morgan fingerprint density at radius 2 is 1.55 bits per heavy atom. The highest BCUT2D eigenvalue weighted by atomic mass is 19.1. The molecule has 3 rings (SSSR count). The molecule has 0 fully saturated rings. The second-order valence-corrected chi connectivity index (χ2v) is 8.83. The van der Waals surface area contributed by atoms with Gasteiger partial charge >= 0.3 is 0 Å². The maximum Gasteiger partial charge on any atom is 0.227 e. The van der Waals surface area contributed by atoms with E-state index in [1.165, 1.54) is 25.0 Å². The number of hydrogen-bond donors (Lipinski definition) is 1. The molecule has 1 amide bonds. The fourth-order valence-electron chi connectivity index (χ4n) is 4.39. The van der Waals surface area contributed by atoms with Crippen molar-refractivity contribution in [2.24, 2.45) is 0 Å². The van der Waals surface area contributed by atoms with Crippen LogP contribution >= 0.6 is 0 Å². The summed E-state index contributed by atoms with van der Waals surface area (Å²) < 4.78 is 28.2. The van der Waals surface area contributed by atoms with Crippen LogP contribution in [0.3, 0.4) is 0 Å². The highest BCUT2D eigenvalue weighted by molar-refractivity contribution is 5.95. The van der Waals surface area contributed by atoms with Crippen LogP contribution in [-0.2, 0) is 11.2 Å². The van der Waals surface area contributed by atoms with Gasteiger partial charge in [0.05, 0.1) is 12.1 Å². The first-order valence-corrected chi connectivity index (χ1v) is 12.4. The van der Waals surface area contributed by atoms with Gasteiger partial charge in [-0.3, -0.25) is 4.79 Å². The molecule has 0 unspecified atom stereocenters. The summed E-state index contributed by atoms with van der Waals surface area (Å²) in [7, 11) is 0. The maximum absolute atomic E-state index is 14.7. The second-order valence-electron chi connectivity index (χ2n) is 8.83. The summed E-state index contributed by atoms with van der Waals surface area (Å²) >= 11 is 0. The Kier molecular flexibility index (Phi) is 9.47. The number of para-hydroxylation sites is 1. The van der Waals surface area contributed by atoms with Gasteiger partial charge < -0.3 is 9.88 Å². The topological polar surface area (TPSA) is 36.1 Å². The Balaban J connectivity index is 1.87. The van der Waals surface area contributed by atoms with E-state index in [0.29, 0.717) is 5.69 Å². The third-order valence-electron chi connectivity index (χ3n) is 6.26. The third kappa shape index (κ3) is 6.66. The molecule has 178 valence electrons. The molecule has 1 aromatic heterocycles. The van der Waals surface area contributed by atoms with Crippen LogP contribution in [0.15, 0.2) is 42.5 Å². The number of nitrogens with one attached hydrogen (secondary N) is 1. The first-order valence-electron chi connectivity index (χ1n) is 12.4. The van der Waals surface area contributed by atoms with E-state index >= 15 is 0 Å². The number of aromatic nitrogens is 1. The van der Waals surface area contributed by atoms with Gasteiger partial charge in [-0.15, -0.1) is 0 Å². The number of amides is 1. The third-order valence-corrected chi connectivity index (χ3v) is 6.26. The van der Waals surface area contributed by atoms with Crippen LogP contribution in [0.2, 0.25) is 0 Å². The van der Waals surface area contributed by atoms with Gasteiger partial charge in [-0.2, -0.15) is 0 Å². The summed E-state index contributed by atoms with van der Waals surface area (Å²) in [4.78, 5) is 18.7. The highest BCUT2D eigenvalue weighted by Gasteiger charge is 2.21. The predicted molar refractivity (Wildman–Crippen MR) is 132 cm³/mol. The van der Waals surface area contributed by atoms with E-state index in [1.54, 1.807) is 0 Å². The van der Waals surface area contributed by atoms with E-state index < -0.39 is 11.6 Å². The van der Waals surface area contributed by atoms with Crippen LogP contribution in [0.25, 0.3) is 22.2 Å². The average molecular weight is 455 g/mol. The summed E-state index contributed by atoms with van der Waals surface area (Å²) in [6, 6.07) is 11.3. The van der Waals surface area contributed by atoms with Crippen molar-refractivity contribution in [2.45, 2.75) is 71.6 Å². The van der Waals surface area contributed by atoms with Crippen molar-refractivity contribution >= 4 is 16.8 Å². The van der Waals surface area contributed by atoms with Gasteiger partial charge in [0, 0.05) is 35.6 Å². The lowest BCUT2D eigenvalue weighted by Gasteiger charge is -2.23. The summed E-state index contributed by atoms with van der Waals surface area (Å²) in [6.45, 7) is 5.88. The molecule has 0 atom stereocenters. The number of fused-ring (bicyclic) bond motifs is 1. The number of nitrogens with zero attached hydrogens (tertiary/aromatic N) is 1. The Morgan fingerprint density at radius 1 is 0.879 bits per heavy atom. The zero-order valence-corrected chi connectivity index (χ0v) is 19.9. The van der Waals surface area contributed by atoms with Gasteiger partial charge in [0.2, 0.25) is 5.91 Å². The van der Waals surface area contributed by atoms with Gasteiger partial charge in [0.25, 0.3) is 0 Å². The second kappa shape index (κ2) is 12.5. The number of hydrogen-bond acceptors (Lipinski definition) is 1. The predicted octanol–water partition coefficient (Wildman–Crippen LogP) is 7.64. The van der Waals surface area contributed by atoms with Crippen molar-refractivity contribution in [1.29, 1.82) is 0 Å². The van der Waals surface area contributed by atoms with E-state index in [4.69, 9.17) is 0 Å². The van der Waals surface area contributed by atoms with Crippen LogP contribution in [-0.4, -0.2) is 28.9 Å². The summed E-state index contributed by atoms with van der Waals surface area (Å²) in [6.07, 6.45) is 9.10. The molecule has 33 heavy (non-hydrogen) atoms. The molecule has 0 radical (unpaired) electrons. The monoisotopic (exact) mass is 454 g/mol. The smallest absolute Gasteiger partial charge is 0.227 e. The van der Waals surface area contributed by atoms with E-state index in [1.807, 2.05) is 29.2 Å². The molecule has 1 N–H and O–H groups in total. The quantitative estimate of drug-likeness (QED) is 0.265. The van der Waals surface area contributed by atoms with E-state index in [2.05, 4.69) is 18.8 Å². The number of carbonyl (C=O) groups is 1. The van der Waals surface area contributed by atoms with Crippen molar-refractivity contribution in [3.63, 3.8) is 0 Å². The molecule has 0 bridgehead atoms. The molecule has 5 heteroatoms. The van der Waals surface area contributed by atoms with Crippen molar-refractivity contribution in [3.05, 3.63) is 59.7 Å². The molecule has 3 aromatic rings. The fraction of sp³-hybridized carbons (Fsp3) is 0.464. The largest absolute Gasteiger partial charge is 0.354 e. The first-order chi connectivity index (χ1) is 16.0. The molecule has 0 aliphatic heterocycles. The molecule has 0 aliphatic carbocycles. The molecule has 0 saturated carbocycles. The van der Waals surface area contributed by atoms with Crippen LogP contribution in [0.5, 0.6) is 0 Å². The first kappa shape index (κ1) is 24.9. The molecule has 1 heterocycles. The minimum absolute atomic E-state index is 0.0662. The van der Waals surface area contributed by atoms with Gasteiger partial charge in [-0.1, -0.05) is 70.6 Å². The van der Waals surface area contributed by atoms with E-state index in [-0.39, 0.29) is 17.9 Å². The maximum atomic E-state index is 14.7. The van der Waals surface area contributed by atoms with Crippen molar-refractivity contribution in [1.82, 2.24) is 9.88 Å². The Labute approximate surface area is 196 Å². The Hall–Kier alpha value is -2.69. The van der Waals surface area contributed by atoms with Gasteiger partial charge in [-0.25, -0.2) is 8.78 Å². The molecule has 0 aliphatic rings. The minimum Gasteiger partial charge on any atom is -0.354 e. The van der Waals surface area contributed by atoms with Crippen molar-refractivity contribution < 1.29 is 13.6 Å². The number of H-pyrrole nitrogens is 1. The fourth-order valence-corrected chi connectivity index (χ4v) is 4.39. The van der Waals surface area contributed by atoms with Gasteiger partial charge in [-0.05, 0) is 36.6 Å². The van der Waals surface area contributed by atoms with Gasteiger partial charge in [0.1, 0.15) is 11.6 Å². The summed E-state index contributed by atoms with van der Waals surface area (Å²) in [5, 5.41) is 0.904. The Bertz CT molecular complexity index is 1030. The molecule has 0 saturated heterocycles. The summed E-state index contributed by atoms with van der Waals surface area (Å²) in [5.41, 5.74) is 2.46. The number of carbonyl (C=O) groups excluding carboxylic acids is 1. The van der Waals surface area contributed by atoms with Crippen molar-refractivity contribution in [3.8, 4) is 11.3 Å². The molecule has 0 spiro atoms. The minimum atomic E-state index is -0.633. The van der Waals surface area contributed by atoms with Crippen LogP contribution in [0, 0.1) is 11.6 Å². The lowest BCUT2D eigenvalue weighted by Crippen LogP contribution is -2.34.